The molecule has 1 aliphatic rings. The van der Waals surface area contributed by atoms with E-state index in [0.717, 1.165) is 41.5 Å². The summed E-state index contributed by atoms with van der Waals surface area (Å²) in [5, 5.41) is 9.41. The Morgan fingerprint density at radius 2 is 1.60 bits per heavy atom. The summed E-state index contributed by atoms with van der Waals surface area (Å²) in [5.74, 6) is 1.18. The number of rotatable bonds is 7. The average molecular weight is 421 g/mol. The molecule has 5 nitrogen and oxygen atoms in total. The molecule has 1 unspecified atom stereocenters. The molecule has 0 saturated carbocycles. The van der Waals surface area contributed by atoms with E-state index in [2.05, 4.69) is 39.0 Å². The second-order valence-electron chi connectivity index (χ2n) is 7.79. The molecule has 156 valence electrons. The molecule has 0 radical (unpaired) electrons. The Balaban J connectivity index is 1.51. The molecule has 4 rings (SSSR count). The fourth-order valence-electron chi connectivity index (χ4n) is 3.83. The largest absolute Gasteiger partial charge is 0.333 e. The van der Waals surface area contributed by atoms with Crippen LogP contribution in [0.5, 0.6) is 0 Å². The summed E-state index contributed by atoms with van der Waals surface area (Å²) < 4.78 is 2.21. The van der Waals surface area contributed by atoms with E-state index in [9.17, 15) is 4.79 Å². The van der Waals surface area contributed by atoms with E-state index in [4.69, 9.17) is 0 Å². The van der Waals surface area contributed by atoms with Crippen LogP contribution in [0.25, 0.3) is 0 Å². The summed E-state index contributed by atoms with van der Waals surface area (Å²) in [6, 6.07) is 20.4. The molecule has 2 aromatic carbocycles. The number of aryl methyl sites for hydroxylation is 1. The van der Waals surface area contributed by atoms with Crippen LogP contribution in [-0.2, 0) is 30.8 Å². The number of hydrogen-bond donors (Lipinski definition) is 0. The van der Waals surface area contributed by atoms with Gasteiger partial charge in [0, 0.05) is 26.1 Å². The Labute approximate surface area is 182 Å². The highest BCUT2D eigenvalue weighted by atomic mass is 32.2. The Morgan fingerprint density at radius 1 is 0.967 bits per heavy atom. The number of amides is 1. The normalized spacial score (nSPS) is 14.6. The predicted molar refractivity (Wildman–Crippen MR) is 120 cm³/mol. The van der Waals surface area contributed by atoms with Crippen molar-refractivity contribution in [3.63, 3.8) is 0 Å². The van der Waals surface area contributed by atoms with Crippen LogP contribution in [0.3, 0.4) is 0 Å². The standard InChI is InChI=1S/C24H28N4OS/c1-19(30-24-26-25-22-15-9-4-10-16-28(22)24)23(29)27(17-20-11-5-2-6-12-20)18-21-13-7-3-8-14-21/h2-3,5-8,11-14,19H,4,9-10,15-18H2,1H3. The first-order valence-corrected chi connectivity index (χ1v) is 11.5. The molecule has 1 amide bonds. The van der Waals surface area contributed by atoms with Gasteiger partial charge in [-0.2, -0.15) is 0 Å². The fraction of sp³-hybridized carbons (Fsp3) is 0.375. The number of hydrogen-bond acceptors (Lipinski definition) is 4. The maximum atomic E-state index is 13.5. The summed E-state index contributed by atoms with van der Waals surface area (Å²) in [6.45, 7) is 4.12. The van der Waals surface area contributed by atoms with Gasteiger partial charge in [0.2, 0.25) is 5.91 Å². The Hall–Kier alpha value is -2.60. The number of thioether (sulfide) groups is 1. The van der Waals surface area contributed by atoms with Crippen molar-refractivity contribution in [1.29, 1.82) is 0 Å². The first-order valence-electron chi connectivity index (χ1n) is 10.7. The van der Waals surface area contributed by atoms with Gasteiger partial charge in [0.05, 0.1) is 5.25 Å². The number of carbonyl (C=O) groups is 1. The third-order valence-corrected chi connectivity index (χ3v) is 6.52. The fourth-order valence-corrected chi connectivity index (χ4v) is 4.81. The summed E-state index contributed by atoms with van der Waals surface area (Å²) in [5.41, 5.74) is 2.27. The smallest absolute Gasteiger partial charge is 0.236 e. The Kier molecular flexibility index (Phi) is 6.84. The van der Waals surface area contributed by atoms with Crippen molar-refractivity contribution in [2.24, 2.45) is 0 Å². The van der Waals surface area contributed by atoms with Crippen molar-refractivity contribution < 1.29 is 4.79 Å². The number of fused-ring (bicyclic) bond motifs is 1. The first-order chi connectivity index (χ1) is 14.7. The second-order valence-corrected chi connectivity index (χ2v) is 9.09. The van der Waals surface area contributed by atoms with Gasteiger partial charge in [-0.25, -0.2) is 0 Å². The Morgan fingerprint density at radius 3 is 2.23 bits per heavy atom. The van der Waals surface area contributed by atoms with Crippen molar-refractivity contribution in [2.45, 2.75) is 62.6 Å². The molecule has 0 bridgehead atoms. The molecule has 30 heavy (non-hydrogen) atoms. The lowest BCUT2D eigenvalue weighted by Crippen LogP contribution is -2.35. The molecule has 0 N–H and O–H groups in total. The highest BCUT2D eigenvalue weighted by Gasteiger charge is 2.25. The minimum absolute atomic E-state index is 0.124. The third kappa shape index (κ3) is 5.11. The molecule has 0 spiro atoms. The van der Waals surface area contributed by atoms with Gasteiger partial charge in [-0.1, -0.05) is 78.8 Å². The van der Waals surface area contributed by atoms with E-state index >= 15 is 0 Å². The van der Waals surface area contributed by atoms with Gasteiger partial charge in [-0.3, -0.25) is 4.79 Å². The summed E-state index contributed by atoms with van der Waals surface area (Å²) in [7, 11) is 0. The van der Waals surface area contributed by atoms with Crippen LogP contribution in [-0.4, -0.2) is 30.8 Å². The van der Waals surface area contributed by atoms with Gasteiger partial charge in [-0.05, 0) is 30.9 Å². The number of nitrogens with zero attached hydrogens (tertiary/aromatic N) is 4. The maximum Gasteiger partial charge on any atom is 0.236 e. The summed E-state index contributed by atoms with van der Waals surface area (Å²) >= 11 is 1.53. The zero-order valence-corrected chi connectivity index (χ0v) is 18.2. The lowest BCUT2D eigenvalue weighted by Gasteiger charge is -2.26. The molecule has 0 aliphatic carbocycles. The molecule has 0 saturated heterocycles. The Bertz CT molecular complexity index is 916. The van der Waals surface area contributed by atoms with Crippen LogP contribution in [0, 0.1) is 0 Å². The molecule has 1 aliphatic heterocycles. The van der Waals surface area contributed by atoms with Gasteiger partial charge < -0.3 is 9.47 Å². The molecule has 6 heteroatoms. The van der Waals surface area contributed by atoms with E-state index in [1.165, 1.54) is 24.6 Å². The average Bonchev–Trinajstić information content (AvgIpc) is 2.99. The second kappa shape index (κ2) is 9.94. The van der Waals surface area contributed by atoms with E-state index in [1.807, 2.05) is 48.2 Å². The van der Waals surface area contributed by atoms with Crippen molar-refractivity contribution in [3.8, 4) is 0 Å². The van der Waals surface area contributed by atoms with Gasteiger partial charge in [0.1, 0.15) is 5.82 Å². The quantitative estimate of drug-likeness (QED) is 0.519. The molecule has 0 fully saturated rings. The van der Waals surface area contributed by atoms with Crippen LogP contribution in [0.4, 0.5) is 0 Å². The zero-order chi connectivity index (χ0) is 20.8. The highest BCUT2D eigenvalue weighted by molar-refractivity contribution is 8.00. The highest BCUT2D eigenvalue weighted by Crippen LogP contribution is 2.27. The maximum absolute atomic E-state index is 13.5. The molecule has 1 atom stereocenters. The van der Waals surface area contributed by atoms with Crippen LogP contribution in [0.15, 0.2) is 65.8 Å². The van der Waals surface area contributed by atoms with Crippen LogP contribution in [0.2, 0.25) is 0 Å². The number of aromatic nitrogens is 3. The van der Waals surface area contributed by atoms with Gasteiger partial charge >= 0.3 is 0 Å². The summed E-state index contributed by atoms with van der Waals surface area (Å²) in [4.78, 5) is 15.4. The number of benzene rings is 2. The topological polar surface area (TPSA) is 51.0 Å². The molecule has 2 heterocycles. The third-order valence-electron chi connectivity index (χ3n) is 5.45. The van der Waals surface area contributed by atoms with Gasteiger partial charge in [-0.15, -0.1) is 10.2 Å². The predicted octanol–water partition coefficient (Wildman–Crippen LogP) is 4.71. The molecule has 3 aromatic rings. The van der Waals surface area contributed by atoms with Crippen molar-refractivity contribution >= 4 is 17.7 Å². The van der Waals surface area contributed by atoms with E-state index in [0.29, 0.717) is 13.1 Å². The van der Waals surface area contributed by atoms with Crippen LogP contribution in [0.1, 0.15) is 43.1 Å². The van der Waals surface area contributed by atoms with Crippen molar-refractivity contribution in [3.05, 3.63) is 77.6 Å². The molecular weight excluding hydrogens is 392 g/mol. The van der Waals surface area contributed by atoms with Crippen LogP contribution < -0.4 is 0 Å². The van der Waals surface area contributed by atoms with Crippen molar-refractivity contribution in [1.82, 2.24) is 19.7 Å². The van der Waals surface area contributed by atoms with Gasteiger partial charge in [0.15, 0.2) is 5.16 Å². The minimum Gasteiger partial charge on any atom is -0.333 e. The lowest BCUT2D eigenvalue weighted by molar-refractivity contribution is -0.131. The monoisotopic (exact) mass is 420 g/mol. The van der Waals surface area contributed by atoms with E-state index < -0.39 is 0 Å². The zero-order valence-electron chi connectivity index (χ0n) is 17.4. The lowest BCUT2D eigenvalue weighted by atomic mass is 10.1. The van der Waals surface area contributed by atoms with Gasteiger partial charge in [0.25, 0.3) is 0 Å². The van der Waals surface area contributed by atoms with E-state index in [-0.39, 0.29) is 11.2 Å². The molecular formula is C24H28N4OS. The summed E-state index contributed by atoms with van der Waals surface area (Å²) in [6.07, 6.45) is 4.52. The first kappa shape index (κ1) is 20.7. The SMILES string of the molecule is CC(Sc1nnc2n1CCCCC2)C(=O)N(Cc1ccccc1)Cc1ccccc1. The van der Waals surface area contributed by atoms with Crippen molar-refractivity contribution in [2.75, 3.05) is 0 Å². The molecule has 1 aromatic heterocycles. The van der Waals surface area contributed by atoms with Crippen LogP contribution >= 0.6 is 11.8 Å². The van der Waals surface area contributed by atoms with E-state index in [1.54, 1.807) is 0 Å². The minimum atomic E-state index is -0.228. The number of carbonyl (C=O) groups excluding carboxylic acids is 1.